The summed E-state index contributed by atoms with van der Waals surface area (Å²) in [5, 5.41) is 0. The van der Waals surface area contributed by atoms with E-state index >= 15 is 0 Å². The largest absolute Gasteiger partial charge is 0.0845 e. The summed E-state index contributed by atoms with van der Waals surface area (Å²) in [7, 11) is 0. The molecule has 2 rings (SSSR count). The van der Waals surface area contributed by atoms with Crippen molar-refractivity contribution in [1.82, 2.24) is 0 Å². The van der Waals surface area contributed by atoms with Crippen LogP contribution in [0, 0.1) is 11.8 Å². The molecule has 1 fully saturated rings. The van der Waals surface area contributed by atoms with E-state index in [1.165, 1.54) is 32.1 Å². The van der Waals surface area contributed by atoms with Crippen molar-refractivity contribution >= 4 is 0 Å². The second-order valence-corrected chi connectivity index (χ2v) is 4.21. The first-order chi connectivity index (χ1) is 5.88. The monoisotopic (exact) mass is 162 g/mol. The van der Waals surface area contributed by atoms with Crippen LogP contribution in [0.3, 0.4) is 0 Å². The number of allylic oxidation sites excluding steroid dienone is 4. The summed E-state index contributed by atoms with van der Waals surface area (Å²) in [6, 6.07) is 0. The van der Waals surface area contributed by atoms with Crippen LogP contribution in [0.2, 0.25) is 0 Å². The maximum Gasteiger partial charge on any atom is -0.0174 e. The van der Waals surface area contributed by atoms with Gasteiger partial charge in [0.05, 0.1) is 0 Å². The summed E-state index contributed by atoms with van der Waals surface area (Å²) in [6.45, 7) is 2.30. The molecule has 0 heteroatoms. The van der Waals surface area contributed by atoms with Gasteiger partial charge < -0.3 is 0 Å². The molecule has 0 N–H and O–H groups in total. The third kappa shape index (κ3) is 1.48. The van der Waals surface area contributed by atoms with Gasteiger partial charge in [-0.2, -0.15) is 0 Å². The first-order valence-corrected chi connectivity index (χ1v) is 5.21. The molecule has 2 aliphatic carbocycles. The van der Waals surface area contributed by atoms with E-state index in [4.69, 9.17) is 0 Å². The van der Waals surface area contributed by atoms with Crippen molar-refractivity contribution in [2.24, 2.45) is 11.8 Å². The molecule has 0 aromatic carbocycles. The number of fused-ring (bicyclic) bond motifs is 1. The van der Waals surface area contributed by atoms with E-state index < -0.39 is 0 Å². The van der Waals surface area contributed by atoms with Crippen molar-refractivity contribution in [3.8, 4) is 0 Å². The normalized spacial score (nSPS) is 42.2. The summed E-state index contributed by atoms with van der Waals surface area (Å²) in [4.78, 5) is 0. The van der Waals surface area contributed by atoms with E-state index in [0.29, 0.717) is 0 Å². The topological polar surface area (TPSA) is 0 Å². The van der Waals surface area contributed by atoms with Crippen LogP contribution in [0.1, 0.15) is 39.0 Å². The molecule has 0 aromatic rings. The Bertz CT molecular complexity index is 210. The lowest BCUT2D eigenvalue weighted by molar-refractivity contribution is 0.411. The van der Waals surface area contributed by atoms with Crippen LogP contribution >= 0.6 is 0 Å². The van der Waals surface area contributed by atoms with Gasteiger partial charge in [0.2, 0.25) is 0 Å². The molecule has 12 heavy (non-hydrogen) atoms. The Morgan fingerprint density at radius 2 is 2.17 bits per heavy atom. The average Bonchev–Trinajstić information content (AvgIpc) is 2.47. The summed E-state index contributed by atoms with van der Waals surface area (Å²) in [5.41, 5.74) is 1.62. The fourth-order valence-electron chi connectivity index (χ4n) is 2.73. The van der Waals surface area contributed by atoms with Gasteiger partial charge in [-0.05, 0) is 44.4 Å². The molecule has 0 radical (unpaired) electrons. The Morgan fingerprint density at radius 3 is 3.08 bits per heavy atom. The van der Waals surface area contributed by atoms with Gasteiger partial charge in [-0.3, -0.25) is 0 Å². The lowest BCUT2D eigenvalue weighted by Gasteiger charge is -2.20. The van der Waals surface area contributed by atoms with E-state index in [1.807, 2.05) is 0 Å². The van der Waals surface area contributed by atoms with Crippen LogP contribution < -0.4 is 0 Å². The summed E-state index contributed by atoms with van der Waals surface area (Å²) in [6.07, 6.45) is 14.0. The molecule has 2 aliphatic rings. The maximum absolute atomic E-state index is 2.32. The van der Waals surface area contributed by atoms with Gasteiger partial charge in [-0.15, -0.1) is 0 Å². The quantitative estimate of drug-likeness (QED) is 0.509. The van der Waals surface area contributed by atoms with Crippen molar-refractivity contribution in [2.45, 2.75) is 39.0 Å². The summed E-state index contributed by atoms with van der Waals surface area (Å²) < 4.78 is 0. The molecule has 0 aromatic heterocycles. The van der Waals surface area contributed by atoms with Crippen LogP contribution in [-0.4, -0.2) is 0 Å². The van der Waals surface area contributed by atoms with Gasteiger partial charge in [0.25, 0.3) is 0 Å². The molecule has 66 valence electrons. The molecule has 1 saturated carbocycles. The van der Waals surface area contributed by atoms with E-state index in [1.54, 1.807) is 5.57 Å². The first kappa shape index (κ1) is 8.10. The van der Waals surface area contributed by atoms with Crippen LogP contribution in [0.25, 0.3) is 0 Å². The SMILES string of the molecule is C/C1=C/C=C\CCC2CCCC12. The van der Waals surface area contributed by atoms with Gasteiger partial charge in [0.15, 0.2) is 0 Å². The zero-order valence-corrected chi connectivity index (χ0v) is 7.92. The zero-order chi connectivity index (χ0) is 8.39. The lowest BCUT2D eigenvalue weighted by Crippen LogP contribution is -2.09. The number of hydrogen-bond donors (Lipinski definition) is 0. The van der Waals surface area contributed by atoms with Gasteiger partial charge in [0.1, 0.15) is 0 Å². The third-order valence-electron chi connectivity index (χ3n) is 3.44. The van der Waals surface area contributed by atoms with Crippen LogP contribution in [0.4, 0.5) is 0 Å². The molecule has 0 spiro atoms. The number of hydrogen-bond acceptors (Lipinski definition) is 0. The Kier molecular flexibility index (Phi) is 2.34. The van der Waals surface area contributed by atoms with Gasteiger partial charge in [-0.1, -0.05) is 30.2 Å². The van der Waals surface area contributed by atoms with Crippen molar-refractivity contribution < 1.29 is 0 Å². The Labute approximate surface area is 75.4 Å². The summed E-state index contributed by atoms with van der Waals surface area (Å²) >= 11 is 0. The lowest BCUT2D eigenvalue weighted by atomic mass is 9.85. The Morgan fingerprint density at radius 1 is 1.25 bits per heavy atom. The van der Waals surface area contributed by atoms with E-state index in [-0.39, 0.29) is 0 Å². The minimum absolute atomic E-state index is 0.926. The highest BCUT2D eigenvalue weighted by atomic mass is 14.3. The predicted molar refractivity (Wildman–Crippen MR) is 53.0 cm³/mol. The third-order valence-corrected chi connectivity index (χ3v) is 3.44. The average molecular weight is 162 g/mol. The molecule has 2 unspecified atom stereocenters. The van der Waals surface area contributed by atoms with Gasteiger partial charge in [0, 0.05) is 0 Å². The van der Waals surface area contributed by atoms with Crippen molar-refractivity contribution in [3.63, 3.8) is 0 Å². The van der Waals surface area contributed by atoms with Gasteiger partial charge in [-0.25, -0.2) is 0 Å². The number of rotatable bonds is 0. The molecular formula is C12H18. The first-order valence-electron chi connectivity index (χ1n) is 5.21. The standard InChI is InChI=1S/C12H18/c1-10-6-3-2-4-7-11-8-5-9-12(10)11/h2-3,6,11-12H,4-5,7-9H2,1H3/b3-2-,10-6-. The molecule has 0 nitrogen and oxygen atoms in total. The smallest absolute Gasteiger partial charge is 0.0174 e. The molecule has 2 atom stereocenters. The molecule has 0 amide bonds. The van der Waals surface area contributed by atoms with Crippen LogP contribution in [0.15, 0.2) is 23.8 Å². The highest BCUT2D eigenvalue weighted by Crippen LogP contribution is 2.40. The maximum atomic E-state index is 2.32. The van der Waals surface area contributed by atoms with Crippen LogP contribution in [-0.2, 0) is 0 Å². The predicted octanol–water partition coefficient (Wildman–Crippen LogP) is 3.70. The Balaban J connectivity index is 2.17. The fourth-order valence-corrected chi connectivity index (χ4v) is 2.73. The van der Waals surface area contributed by atoms with E-state index in [0.717, 1.165) is 11.8 Å². The van der Waals surface area contributed by atoms with Gasteiger partial charge >= 0.3 is 0 Å². The molecular weight excluding hydrogens is 144 g/mol. The Hall–Kier alpha value is -0.520. The second kappa shape index (κ2) is 3.47. The molecule has 0 saturated heterocycles. The second-order valence-electron chi connectivity index (χ2n) is 4.21. The summed E-state index contributed by atoms with van der Waals surface area (Å²) in [5.74, 6) is 1.93. The van der Waals surface area contributed by atoms with Crippen molar-refractivity contribution in [2.75, 3.05) is 0 Å². The molecule has 0 heterocycles. The van der Waals surface area contributed by atoms with Crippen molar-refractivity contribution in [3.05, 3.63) is 23.8 Å². The highest BCUT2D eigenvalue weighted by Gasteiger charge is 2.27. The molecule has 0 aliphatic heterocycles. The van der Waals surface area contributed by atoms with Crippen LogP contribution in [0.5, 0.6) is 0 Å². The van der Waals surface area contributed by atoms with E-state index in [9.17, 15) is 0 Å². The van der Waals surface area contributed by atoms with E-state index in [2.05, 4.69) is 25.2 Å². The zero-order valence-electron chi connectivity index (χ0n) is 7.92. The minimum Gasteiger partial charge on any atom is -0.0845 e. The van der Waals surface area contributed by atoms with Crippen molar-refractivity contribution in [1.29, 1.82) is 0 Å². The molecule has 0 bridgehead atoms. The minimum atomic E-state index is 0.926. The highest BCUT2D eigenvalue weighted by molar-refractivity contribution is 5.16. The fraction of sp³-hybridized carbons (Fsp3) is 0.667.